The molecular formula is C19H23FN4O. The van der Waals surface area contributed by atoms with Crippen LogP contribution in [0.2, 0.25) is 0 Å². The van der Waals surface area contributed by atoms with Crippen molar-refractivity contribution < 1.29 is 9.18 Å². The number of hydrogen-bond acceptors (Lipinski definition) is 4. The second-order valence-electron chi connectivity index (χ2n) is 6.56. The topological polar surface area (TPSA) is 58.1 Å². The van der Waals surface area contributed by atoms with E-state index in [9.17, 15) is 9.18 Å². The summed E-state index contributed by atoms with van der Waals surface area (Å²) in [6, 6.07) is 7.35. The number of nitrogens with zero attached hydrogens (tertiary/aromatic N) is 3. The second-order valence-corrected chi connectivity index (χ2v) is 6.56. The molecule has 0 saturated carbocycles. The smallest absolute Gasteiger partial charge is 0.274 e. The van der Waals surface area contributed by atoms with Crippen LogP contribution in [0.3, 0.4) is 0 Å². The zero-order chi connectivity index (χ0) is 17.6. The molecule has 1 atom stereocenters. The Balaban J connectivity index is 1.46. The summed E-state index contributed by atoms with van der Waals surface area (Å²) in [4.78, 5) is 22.2. The fourth-order valence-electron chi connectivity index (χ4n) is 3.26. The number of rotatable bonds is 5. The Morgan fingerprint density at radius 1 is 1.28 bits per heavy atom. The van der Waals surface area contributed by atoms with Crippen molar-refractivity contribution in [2.75, 3.05) is 13.1 Å². The minimum atomic E-state index is -0.204. The minimum absolute atomic E-state index is 0.0501. The van der Waals surface area contributed by atoms with Gasteiger partial charge in [0.2, 0.25) is 0 Å². The first-order chi connectivity index (χ1) is 12.1. The van der Waals surface area contributed by atoms with Gasteiger partial charge in [0.05, 0.1) is 6.20 Å². The molecule has 1 fully saturated rings. The molecule has 1 unspecified atom stereocenters. The maximum Gasteiger partial charge on any atom is 0.274 e. The molecule has 25 heavy (non-hydrogen) atoms. The van der Waals surface area contributed by atoms with Crippen molar-refractivity contribution in [1.82, 2.24) is 20.2 Å². The third-order valence-electron chi connectivity index (χ3n) is 4.54. The highest BCUT2D eigenvalue weighted by molar-refractivity contribution is 5.92. The van der Waals surface area contributed by atoms with E-state index in [0.717, 1.165) is 37.9 Å². The van der Waals surface area contributed by atoms with Gasteiger partial charge in [0.1, 0.15) is 11.5 Å². The lowest BCUT2D eigenvalue weighted by Gasteiger charge is -2.33. The standard InChI is InChI=1S/C19H23FN4O/c1-14(12-15-2-4-16(20)5-3-15)23-17-6-10-24(11-7-17)19(25)18-13-21-8-9-22-18/h2-5,8-9,13-14,17,23H,6-7,10-12H2,1H3. The number of hydrogen-bond donors (Lipinski definition) is 1. The molecular weight excluding hydrogens is 319 g/mol. The van der Waals surface area contributed by atoms with Gasteiger partial charge in [-0.1, -0.05) is 12.1 Å². The Bertz CT molecular complexity index is 684. The van der Waals surface area contributed by atoms with Gasteiger partial charge in [-0.25, -0.2) is 9.37 Å². The van der Waals surface area contributed by atoms with Crippen molar-refractivity contribution in [3.8, 4) is 0 Å². The van der Waals surface area contributed by atoms with E-state index in [1.54, 1.807) is 12.4 Å². The lowest BCUT2D eigenvalue weighted by Crippen LogP contribution is -2.47. The summed E-state index contributed by atoms with van der Waals surface area (Å²) in [6.07, 6.45) is 7.31. The SMILES string of the molecule is CC(Cc1ccc(F)cc1)NC1CCN(C(=O)c2cnccn2)CC1. The third kappa shape index (κ3) is 4.82. The van der Waals surface area contributed by atoms with Crippen molar-refractivity contribution in [1.29, 1.82) is 0 Å². The van der Waals surface area contributed by atoms with Crippen LogP contribution in [0.15, 0.2) is 42.9 Å². The molecule has 2 aromatic rings. The Labute approximate surface area is 147 Å². The summed E-state index contributed by atoms with van der Waals surface area (Å²) in [5.74, 6) is -0.254. The average molecular weight is 342 g/mol. The molecule has 1 amide bonds. The normalized spacial score (nSPS) is 16.6. The van der Waals surface area contributed by atoms with Gasteiger partial charge in [0.25, 0.3) is 5.91 Å². The second kappa shape index (κ2) is 8.16. The van der Waals surface area contributed by atoms with E-state index in [1.165, 1.54) is 18.3 Å². The van der Waals surface area contributed by atoms with Crippen LogP contribution in [0.1, 0.15) is 35.8 Å². The molecule has 1 aliphatic heterocycles. The van der Waals surface area contributed by atoms with Crippen LogP contribution >= 0.6 is 0 Å². The Morgan fingerprint density at radius 2 is 2.00 bits per heavy atom. The number of amides is 1. The van der Waals surface area contributed by atoms with Crippen LogP contribution < -0.4 is 5.32 Å². The van der Waals surface area contributed by atoms with Crippen LogP contribution in [0.5, 0.6) is 0 Å². The Morgan fingerprint density at radius 3 is 2.64 bits per heavy atom. The van der Waals surface area contributed by atoms with Crippen LogP contribution in [0.25, 0.3) is 0 Å². The molecule has 0 radical (unpaired) electrons. The van der Waals surface area contributed by atoms with Crippen molar-refractivity contribution in [3.63, 3.8) is 0 Å². The molecule has 132 valence electrons. The van der Waals surface area contributed by atoms with E-state index < -0.39 is 0 Å². The van der Waals surface area contributed by atoms with Gasteiger partial charge in [-0.3, -0.25) is 9.78 Å². The molecule has 6 heteroatoms. The number of nitrogens with one attached hydrogen (secondary N) is 1. The minimum Gasteiger partial charge on any atom is -0.337 e. The first kappa shape index (κ1) is 17.5. The van der Waals surface area contributed by atoms with E-state index in [-0.39, 0.29) is 11.7 Å². The average Bonchev–Trinajstić information content (AvgIpc) is 2.64. The molecule has 5 nitrogen and oxygen atoms in total. The zero-order valence-electron chi connectivity index (χ0n) is 14.4. The van der Waals surface area contributed by atoms with Crippen molar-refractivity contribution >= 4 is 5.91 Å². The number of piperidine rings is 1. The van der Waals surface area contributed by atoms with Gasteiger partial charge in [-0.05, 0) is 43.9 Å². The summed E-state index contributed by atoms with van der Waals surface area (Å²) in [5.41, 5.74) is 1.52. The molecule has 1 aliphatic rings. The van der Waals surface area contributed by atoms with E-state index in [0.29, 0.717) is 17.8 Å². The number of benzene rings is 1. The fraction of sp³-hybridized carbons (Fsp3) is 0.421. The number of carbonyl (C=O) groups is 1. The Hall–Kier alpha value is -2.34. The van der Waals surface area contributed by atoms with E-state index in [2.05, 4.69) is 22.2 Å². The van der Waals surface area contributed by atoms with Gasteiger partial charge in [-0.2, -0.15) is 0 Å². The van der Waals surface area contributed by atoms with Gasteiger partial charge in [0.15, 0.2) is 0 Å². The highest BCUT2D eigenvalue weighted by atomic mass is 19.1. The molecule has 2 heterocycles. The van der Waals surface area contributed by atoms with Gasteiger partial charge >= 0.3 is 0 Å². The van der Waals surface area contributed by atoms with Gasteiger partial charge in [0, 0.05) is 37.6 Å². The number of likely N-dealkylation sites (tertiary alicyclic amines) is 1. The zero-order valence-corrected chi connectivity index (χ0v) is 14.4. The summed E-state index contributed by atoms with van der Waals surface area (Å²) >= 11 is 0. The summed E-state index contributed by atoms with van der Waals surface area (Å²) in [6.45, 7) is 3.58. The Kier molecular flexibility index (Phi) is 5.71. The van der Waals surface area contributed by atoms with Crippen LogP contribution in [-0.2, 0) is 6.42 Å². The summed E-state index contributed by atoms with van der Waals surface area (Å²) < 4.78 is 13.0. The van der Waals surface area contributed by atoms with E-state index in [1.807, 2.05) is 17.0 Å². The lowest BCUT2D eigenvalue weighted by atomic mass is 10.0. The van der Waals surface area contributed by atoms with Gasteiger partial charge in [-0.15, -0.1) is 0 Å². The van der Waals surface area contributed by atoms with Gasteiger partial charge < -0.3 is 10.2 Å². The molecule has 1 aromatic heterocycles. The first-order valence-corrected chi connectivity index (χ1v) is 8.67. The maximum absolute atomic E-state index is 13.0. The highest BCUT2D eigenvalue weighted by Gasteiger charge is 2.25. The van der Waals surface area contributed by atoms with Crippen LogP contribution in [0, 0.1) is 5.82 Å². The molecule has 1 aromatic carbocycles. The third-order valence-corrected chi connectivity index (χ3v) is 4.54. The molecule has 3 rings (SSSR count). The summed E-state index contributed by atoms with van der Waals surface area (Å²) in [7, 11) is 0. The predicted octanol–water partition coefficient (Wildman–Crippen LogP) is 2.44. The monoisotopic (exact) mass is 342 g/mol. The molecule has 0 spiro atoms. The van der Waals surface area contributed by atoms with Crippen molar-refractivity contribution in [2.45, 2.75) is 38.3 Å². The molecule has 1 saturated heterocycles. The van der Waals surface area contributed by atoms with E-state index in [4.69, 9.17) is 0 Å². The van der Waals surface area contributed by atoms with Crippen LogP contribution in [0.4, 0.5) is 4.39 Å². The lowest BCUT2D eigenvalue weighted by molar-refractivity contribution is 0.0696. The van der Waals surface area contributed by atoms with Crippen LogP contribution in [-0.4, -0.2) is 45.9 Å². The molecule has 0 bridgehead atoms. The number of halogens is 1. The number of aromatic nitrogens is 2. The summed E-state index contributed by atoms with van der Waals surface area (Å²) in [5, 5.41) is 3.62. The quantitative estimate of drug-likeness (QED) is 0.907. The first-order valence-electron chi connectivity index (χ1n) is 8.67. The highest BCUT2D eigenvalue weighted by Crippen LogP contribution is 2.14. The largest absolute Gasteiger partial charge is 0.337 e. The predicted molar refractivity (Wildman–Crippen MR) is 93.7 cm³/mol. The maximum atomic E-state index is 13.0. The van der Waals surface area contributed by atoms with Crippen molar-refractivity contribution in [3.05, 3.63) is 59.9 Å². The molecule has 0 aliphatic carbocycles. The van der Waals surface area contributed by atoms with E-state index >= 15 is 0 Å². The molecule has 1 N–H and O–H groups in total. The fourth-order valence-corrected chi connectivity index (χ4v) is 3.26. The number of carbonyl (C=O) groups excluding carboxylic acids is 1. The van der Waals surface area contributed by atoms with Crippen molar-refractivity contribution in [2.24, 2.45) is 0 Å².